The van der Waals surface area contributed by atoms with Crippen molar-refractivity contribution >= 4 is 18.0 Å². The van der Waals surface area contributed by atoms with E-state index in [0.717, 1.165) is 25.0 Å². The number of benzene rings is 2. The molecule has 13 heteroatoms. The summed E-state index contributed by atoms with van der Waals surface area (Å²) in [6.45, 7) is 0.375. The Bertz CT molecular complexity index is 1210. The van der Waals surface area contributed by atoms with Crippen molar-refractivity contribution < 1.29 is 41.4 Å². The van der Waals surface area contributed by atoms with Crippen LogP contribution in [0.25, 0.3) is 0 Å². The Morgan fingerprint density at radius 3 is 2.40 bits per heavy atom. The summed E-state index contributed by atoms with van der Waals surface area (Å²) in [5.41, 5.74) is 0.391. The first kappa shape index (κ1) is 29.0. The fourth-order valence-electron chi connectivity index (χ4n) is 4.78. The number of amides is 4. The molecule has 1 aliphatic carbocycles. The molecule has 4 amide bonds. The van der Waals surface area contributed by atoms with E-state index >= 15 is 0 Å². The minimum absolute atomic E-state index is 0.0139. The summed E-state index contributed by atoms with van der Waals surface area (Å²) in [5, 5.41) is 5.24. The summed E-state index contributed by atoms with van der Waals surface area (Å²) in [4.78, 5) is 41.5. The van der Waals surface area contributed by atoms with Gasteiger partial charge in [-0.3, -0.25) is 0 Å². The second kappa shape index (κ2) is 12.4. The molecule has 2 N–H and O–H groups in total. The van der Waals surface area contributed by atoms with Crippen LogP contribution in [-0.2, 0) is 11.3 Å². The second-order valence-corrected chi connectivity index (χ2v) is 9.78. The first-order chi connectivity index (χ1) is 19.0. The van der Waals surface area contributed by atoms with Gasteiger partial charge in [0.2, 0.25) is 0 Å². The Hall–Kier alpha value is -4.03. The van der Waals surface area contributed by atoms with Crippen LogP contribution in [0.5, 0.6) is 5.75 Å². The standard InChI is InChI=1S/C27H30F4N4O5/c1-32-25(37)34-14-17(16-39-24(36)18-5-3-2-4-6-18)11-21(15-34)35(20-8-9-20)26(38)33-13-19-7-10-22(12-23(19)28)40-27(29,30)31/h2-7,10,12,17,20-21H,8-9,11,13-16H2,1H3,(H,32,37)(H,33,38)/t17-,21+/m0/s1. The molecule has 2 aliphatic rings. The van der Waals surface area contributed by atoms with E-state index in [1.165, 1.54) is 7.05 Å². The van der Waals surface area contributed by atoms with E-state index in [-0.39, 0.29) is 43.3 Å². The summed E-state index contributed by atoms with van der Waals surface area (Å²) >= 11 is 0. The Balaban J connectivity index is 1.42. The molecule has 1 saturated heterocycles. The molecular weight excluding hydrogens is 536 g/mol. The third-order valence-electron chi connectivity index (χ3n) is 6.73. The fraction of sp³-hybridized carbons (Fsp3) is 0.444. The number of halogens is 4. The molecule has 0 bridgehead atoms. The third kappa shape index (κ3) is 7.76. The van der Waals surface area contributed by atoms with Crippen molar-refractivity contribution in [2.75, 3.05) is 26.7 Å². The topological polar surface area (TPSA) is 100 Å². The highest BCUT2D eigenvalue weighted by Crippen LogP contribution is 2.33. The predicted octanol–water partition coefficient (Wildman–Crippen LogP) is 4.29. The molecular formula is C27H30F4N4O5. The minimum atomic E-state index is -4.95. The van der Waals surface area contributed by atoms with E-state index in [1.807, 2.05) is 0 Å². The summed E-state index contributed by atoms with van der Waals surface area (Å²) < 4.78 is 60.9. The fourth-order valence-corrected chi connectivity index (χ4v) is 4.78. The summed E-state index contributed by atoms with van der Waals surface area (Å²) in [5.74, 6) is -2.38. The number of piperidine rings is 1. The predicted molar refractivity (Wildman–Crippen MR) is 135 cm³/mol. The van der Waals surface area contributed by atoms with Crippen molar-refractivity contribution in [1.82, 2.24) is 20.4 Å². The molecule has 0 spiro atoms. The van der Waals surface area contributed by atoms with Gasteiger partial charge in [-0.05, 0) is 37.5 Å². The van der Waals surface area contributed by atoms with E-state index in [1.54, 1.807) is 40.1 Å². The lowest BCUT2D eigenvalue weighted by molar-refractivity contribution is -0.274. The molecule has 1 heterocycles. The minimum Gasteiger partial charge on any atom is -0.462 e. The number of hydrogen-bond acceptors (Lipinski definition) is 5. The Morgan fingerprint density at radius 1 is 1.05 bits per heavy atom. The zero-order valence-electron chi connectivity index (χ0n) is 21.7. The lowest BCUT2D eigenvalue weighted by Gasteiger charge is -2.42. The maximum atomic E-state index is 14.4. The van der Waals surface area contributed by atoms with Crippen LogP contribution in [0, 0.1) is 11.7 Å². The second-order valence-electron chi connectivity index (χ2n) is 9.78. The number of esters is 1. The lowest BCUT2D eigenvalue weighted by Crippen LogP contribution is -2.58. The van der Waals surface area contributed by atoms with Gasteiger partial charge >= 0.3 is 24.4 Å². The first-order valence-corrected chi connectivity index (χ1v) is 12.8. The number of nitrogens with one attached hydrogen (secondary N) is 2. The van der Waals surface area contributed by atoms with Crippen molar-refractivity contribution in [1.29, 1.82) is 0 Å². The van der Waals surface area contributed by atoms with Crippen molar-refractivity contribution in [3.8, 4) is 5.75 Å². The van der Waals surface area contributed by atoms with Crippen LogP contribution < -0.4 is 15.4 Å². The molecule has 0 aromatic heterocycles. The number of alkyl halides is 3. The molecule has 1 aliphatic heterocycles. The van der Waals surface area contributed by atoms with Crippen molar-refractivity contribution in [3.05, 3.63) is 65.5 Å². The first-order valence-electron chi connectivity index (χ1n) is 12.8. The zero-order chi connectivity index (χ0) is 28.9. The van der Waals surface area contributed by atoms with Gasteiger partial charge in [0.15, 0.2) is 0 Å². The van der Waals surface area contributed by atoms with Gasteiger partial charge < -0.3 is 29.9 Å². The smallest absolute Gasteiger partial charge is 0.462 e. The molecule has 216 valence electrons. The summed E-state index contributed by atoms with van der Waals surface area (Å²) in [7, 11) is 1.50. The third-order valence-corrected chi connectivity index (χ3v) is 6.73. The normalized spacial score (nSPS) is 19.0. The average molecular weight is 567 g/mol. The number of ether oxygens (including phenoxy) is 2. The van der Waals surface area contributed by atoms with Crippen LogP contribution in [-0.4, -0.2) is 73.0 Å². The van der Waals surface area contributed by atoms with Crippen LogP contribution in [0.2, 0.25) is 0 Å². The maximum Gasteiger partial charge on any atom is 0.573 e. The van der Waals surface area contributed by atoms with Crippen LogP contribution in [0.15, 0.2) is 48.5 Å². The summed E-state index contributed by atoms with van der Waals surface area (Å²) in [6.07, 6.45) is -2.96. The molecule has 9 nitrogen and oxygen atoms in total. The quantitative estimate of drug-likeness (QED) is 0.367. The lowest BCUT2D eigenvalue weighted by atomic mass is 9.93. The van der Waals surface area contributed by atoms with Crippen molar-refractivity contribution in [2.45, 2.75) is 44.3 Å². The number of rotatable bonds is 8. The highest BCUT2D eigenvalue weighted by atomic mass is 19.4. The number of likely N-dealkylation sites (tertiary alicyclic amines) is 1. The number of hydrogen-bond donors (Lipinski definition) is 2. The molecule has 4 rings (SSSR count). The van der Waals surface area contributed by atoms with Gasteiger partial charge in [0.1, 0.15) is 11.6 Å². The van der Waals surface area contributed by atoms with Gasteiger partial charge in [0, 0.05) is 50.3 Å². The maximum absolute atomic E-state index is 14.4. The van der Waals surface area contributed by atoms with Gasteiger partial charge in [-0.25, -0.2) is 18.8 Å². The van der Waals surface area contributed by atoms with Gasteiger partial charge in [0.05, 0.1) is 18.2 Å². The van der Waals surface area contributed by atoms with E-state index in [9.17, 15) is 31.9 Å². The Kier molecular flexibility index (Phi) is 9.00. The SMILES string of the molecule is CNC(=O)N1C[C@@H](COC(=O)c2ccccc2)C[C@@H](N(C(=O)NCc2ccc(OC(F)(F)F)cc2F)C2CC2)C1. The van der Waals surface area contributed by atoms with Crippen molar-refractivity contribution in [2.24, 2.45) is 5.92 Å². The molecule has 40 heavy (non-hydrogen) atoms. The number of carbonyl (C=O) groups excluding carboxylic acids is 3. The monoisotopic (exact) mass is 566 g/mol. The highest BCUT2D eigenvalue weighted by Gasteiger charge is 2.42. The number of urea groups is 2. The van der Waals surface area contributed by atoms with E-state index in [2.05, 4.69) is 15.4 Å². The van der Waals surface area contributed by atoms with Crippen LogP contribution in [0.3, 0.4) is 0 Å². The van der Waals surface area contributed by atoms with Crippen LogP contribution in [0.4, 0.5) is 27.2 Å². The van der Waals surface area contributed by atoms with Gasteiger partial charge in [-0.2, -0.15) is 0 Å². The molecule has 1 saturated carbocycles. The van der Waals surface area contributed by atoms with E-state index < -0.39 is 36.0 Å². The van der Waals surface area contributed by atoms with Crippen LogP contribution >= 0.6 is 0 Å². The van der Waals surface area contributed by atoms with Gasteiger partial charge in [-0.1, -0.05) is 24.3 Å². The van der Waals surface area contributed by atoms with Gasteiger partial charge in [-0.15, -0.1) is 13.2 Å². The number of nitrogens with zero attached hydrogens (tertiary/aromatic N) is 2. The van der Waals surface area contributed by atoms with E-state index in [0.29, 0.717) is 24.6 Å². The molecule has 0 radical (unpaired) electrons. The van der Waals surface area contributed by atoms with Crippen molar-refractivity contribution in [3.63, 3.8) is 0 Å². The zero-order valence-corrected chi connectivity index (χ0v) is 21.7. The molecule has 2 atom stereocenters. The molecule has 2 fully saturated rings. The molecule has 2 aromatic carbocycles. The van der Waals surface area contributed by atoms with E-state index in [4.69, 9.17) is 4.74 Å². The van der Waals surface area contributed by atoms with Crippen LogP contribution in [0.1, 0.15) is 35.2 Å². The highest BCUT2D eigenvalue weighted by molar-refractivity contribution is 5.89. The Morgan fingerprint density at radius 2 is 1.77 bits per heavy atom. The Labute approximate surface area is 228 Å². The average Bonchev–Trinajstić information content (AvgIpc) is 3.75. The molecule has 2 aromatic rings. The van der Waals surface area contributed by atoms with Gasteiger partial charge in [0.25, 0.3) is 0 Å². The molecule has 0 unspecified atom stereocenters. The number of carbonyl (C=O) groups is 3. The summed E-state index contributed by atoms with van der Waals surface area (Å²) in [6, 6.07) is 9.93. The largest absolute Gasteiger partial charge is 0.573 e.